The summed E-state index contributed by atoms with van der Waals surface area (Å²) >= 11 is 12.1. The molecule has 0 fully saturated rings. The van der Waals surface area contributed by atoms with Crippen LogP contribution in [0.3, 0.4) is 0 Å². The van der Waals surface area contributed by atoms with Gasteiger partial charge in [0.05, 0.1) is 15.7 Å². The van der Waals surface area contributed by atoms with Gasteiger partial charge in [0.1, 0.15) is 0 Å². The molecule has 6 heteroatoms. The van der Waals surface area contributed by atoms with E-state index in [4.69, 9.17) is 23.2 Å². The van der Waals surface area contributed by atoms with E-state index in [1.165, 1.54) is 0 Å². The normalized spacial score (nSPS) is 10.3. The van der Waals surface area contributed by atoms with Crippen LogP contribution in [0.25, 0.3) is 0 Å². The number of nitrogens with zero attached hydrogens (tertiary/aromatic N) is 1. The molecule has 4 nitrogen and oxygen atoms in total. The van der Waals surface area contributed by atoms with Crippen LogP contribution in [-0.2, 0) is 4.79 Å². The second-order valence-electron chi connectivity index (χ2n) is 5.26. The van der Waals surface area contributed by atoms with Gasteiger partial charge in [0.15, 0.2) is 0 Å². The third-order valence-electron chi connectivity index (χ3n) is 3.28. The Bertz CT molecular complexity index is 652. The van der Waals surface area contributed by atoms with Crippen molar-refractivity contribution in [3.63, 3.8) is 0 Å². The molecule has 0 aliphatic heterocycles. The number of nitrogens with one attached hydrogen (secondary N) is 2. The van der Waals surface area contributed by atoms with E-state index in [9.17, 15) is 4.79 Å². The zero-order valence-electron chi connectivity index (χ0n) is 13.1. The number of para-hydroxylation sites is 1. The van der Waals surface area contributed by atoms with E-state index in [0.717, 1.165) is 11.4 Å². The molecule has 2 N–H and O–H groups in total. The number of hydrogen-bond acceptors (Lipinski definition) is 3. The first-order valence-corrected chi connectivity index (χ1v) is 7.98. The maximum Gasteiger partial charge on any atom is 0.226 e. The van der Waals surface area contributed by atoms with Crippen molar-refractivity contribution in [1.29, 1.82) is 0 Å². The van der Waals surface area contributed by atoms with E-state index < -0.39 is 0 Å². The molecule has 0 saturated carbocycles. The minimum atomic E-state index is -0.0710. The van der Waals surface area contributed by atoms with Crippen LogP contribution in [0.5, 0.6) is 0 Å². The zero-order chi connectivity index (χ0) is 16.8. The van der Waals surface area contributed by atoms with Crippen LogP contribution in [0.15, 0.2) is 42.5 Å². The molecule has 2 rings (SSSR count). The highest BCUT2D eigenvalue weighted by molar-refractivity contribution is 6.39. The summed E-state index contributed by atoms with van der Waals surface area (Å²) in [5.41, 5.74) is 2.51. The summed E-state index contributed by atoms with van der Waals surface area (Å²) in [6, 6.07) is 13.0. The highest BCUT2D eigenvalue weighted by atomic mass is 35.5. The van der Waals surface area contributed by atoms with Crippen LogP contribution in [-0.4, -0.2) is 26.5 Å². The van der Waals surface area contributed by atoms with E-state index in [-0.39, 0.29) is 5.91 Å². The molecule has 0 aromatic heterocycles. The fraction of sp³-hybridized carbons (Fsp3) is 0.235. The average Bonchev–Trinajstić information content (AvgIpc) is 2.51. The van der Waals surface area contributed by atoms with E-state index in [0.29, 0.717) is 28.7 Å². The summed E-state index contributed by atoms with van der Waals surface area (Å²) in [7, 11) is 3.94. The maximum atomic E-state index is 12.0. The standard InChI is InChI=1S/C17H19Cl2N3O/c1-22(2)13-8-6-12(7-9-13)21-16(23)10-11-20-17-14(18)4-3-5-15(17)19/h3-9,20H,10-11H2,1-2H3,(H,21,23). The van der Waals surface area contributed by atoms with Crippen LogP contribution < -0.4 is 15.5 Å². The maximum absolute atomic E-state index is 12.0. The first-order chi connectivity index (χ1) is 11.0. The number of carbonyl (C=O) groups is 1. The highest BCUT2D eigenvalue weighted by Crippen LogP contribution is 2.29. The fourth-order valence-corrected chi connectivity index (χ4v) is 2.57. The van der Waals surface area contributed by atoms with Gasteiger partial charge in [-0.25, -0.2) is 0 Å². The van der Waals surface area contributed by atoms with Crippen molar-refractivity contribution in [2.24, 2.45) is 0 Å². The molecule has 0 heterocycles. The Labute approximate surface area is 146 Å². The van der Waals surface area contributed by atoms with Crippen molar-refractivity contribution >= 4 is 46.2 Å². The molecule has 0 unspecified atom stereocenters. The van der Waals surface area contributed by atoms with Crippen molar-refractivity contribution in [1.82, 2.24) is 0 Å². The van der Waals surface area contributed by atoms with Crippen molar-refractivity contribution in [2.45, 2.75) is 6.42 Å². The third kappa shape index (κ3) is 5.05. The van der Waals surface area contributed by atoms with Crippen LogP contribution in [0, 0.1) is 0 Å². The lowest BCUT2D eigenvalue weighted by Gasteiger charge is -2.13. The predicted molar refractivity (Wildman–Crippen MR) is 99.0 cm³/mol. The third-order valence-corrected chi connectivity index (χ3v) is 3.91. The Morgan fingerprint density at radius 1 is 1.04 bits per heavy atom. The van der Waals surface area contributed by atoms with Crippen molar-refractivity contribution in [2.75, 3.05) is 36.2 Å². The van der Waals surface area contributed by atoms with Gasteiger partial charge in [0.25, 0.3) is 0 Å². The Balaban J connectivity index is 1.83. The van der Waals surface area contributed by atoms with Gasteiger partial charge in [0, 0.05) is 38.4 Å². The van der Waals surface area contributed by atoms with Gasteiger partial charge in [-0.15, -0.1) is 0 Å². The summed E-state index contributed by atoms with van der Waals surface area (Å²) in [6.07, 6.45) is 0.316. The van der Waals surface area contributed by atoms with Crippen LogP contribution in [0.4, 0.5) is 17.1 Å². The van der Waals surface area contributed by atoms with Crippen LogP contribution >= 0.6 is 23.2 Å². The minimum Gasteiger partial charge on any atom is -0.382 e. The largest absolute Gasteiger partial charge is 0.382 e. The molecule has 0 aliphatic rings. The van der Waals surface area contributed by atoms with Crippen molar-refractivity contribution in [3.05, 3.63) is 52.5 Å². The topological polar surface area (TPSA) is 44.4 Å². The van der Waals surface area contributed by atoms with Gasteiger partial charge >= 0.3 is 0 Å². The Morgan fingerprint density at radius 3 is 2.22 bits per heavy atom. The molecular formula is C17H19Cl2N3O. The Morgan fingerprint density at radius 2 is 1.65 bits per heavy atom. The number of rotatable bonds is 6. The van der Waals surface area contributed by atoms with E-state index in [1.807, 2.05) is 43.3 Å². The lowest BCUT2D eigenvalue weighted by atomic mass is 10.2. The first kappa shape index (κ1) is 17.4. The van der Waals surface area contributed by atoms with Crippen LogP contribution in [0.2, 0.25) is 10.0 Å². The molecule has 122 valence electrons. The summed E-state index contributed by atoms with van der Waals surface area (Å²) in [5, 5.41) is 7.03. The predicted octanol–water partition coefficient (Wildman–Crippen LogP) is 4.50. The number of benzene rings is 2. The van der Waals surface area contributed by atoms with Gasteiger partial charge in [-0.05, 0) is 36.4 Å². The minimum absolute atomic E-state index is 0.0710. The lowest BCUT2D eigenvalue weighted by Crippen LogP contribution is -2.16. The number of hydrogen-bond donors (Lipinski definition) is 2. The molecule has 0 spiro atoms. The second-order valence-corrected chi connectivity index (χ2v) is 6.08. The number of anilines is 3. The molecule has 0 bridgehead atoms. The molecule has 0 radical (unpaired) electrons. The fourth-order valence-electron chi connectivity index (χ4n) is 2.03. The molecule has 23 heavy (non-hydrogen) atoms. The monoisotopic (exact) mass is 351 g/mol. The molecule has 1 amide bonds. The van der Waals surface area contributed by atoms with Crippen LogP contribution in [0.1, 0.15) is 6.42 Å². The van der Waals surface area contributed by atoms with Gasteiger partial charge in [0.2, 0.25) is 5.91 Å². The Hall–Kier alpha value is -1.91. The number of halogens is 2. The summed E-state index contributed by atoms with van der Waals surface area (Å²) < 4.78 is 0. The second kappa shape index (κ2) is 8.09. The number of carbonyl (C=O) groups excluding carboxylic acids is 1. The van der Waals surface area contributed by atoms with E-state index in [1.54, 1.807) is 18.2 Å². The zero-order valence-corrected chi connectivity index (χ0v) is 14.6. The summed E-state index contributed by atoms with van der Waals surface area (Å²) in [6.45, 7) is 0.449. The van der Waals surface area contributed by atoms with Crippen molar-refractivity contribution < 1.29 is 4.79 Å². The summed E-state index contributed by atoms with van der Waals surface area (Å²) in [4.78, 5) is 14.0. The van der Waals surface area contributed by atoms with E-state index >= 15 is 0 Å². The quantitative estimate of drug-likeness (QED) is 0.805. The lowest BCUT2D eigenvalue weighted by molar-refractivity contribution is -0.115. The molecular weight excluding hydrogens is 333 g/mol. The van der Waals surface area contributed by atoms with Gasteiger partial charge in [-0.2, -0.15) is 0 Å². The highest BCUT2D eigenvalue weighted by Gasteiger charge is 2.07. The van der Waals surface area contributed by atoms with Crippen molar-refractivity contribution in [3.8, 4) is 0 Å². The summed E-state index contributed by atoms with van der Waals surface area (Å²) in [5.74, 6) is -0.0710. The molecule has 0 atom stereocenters. The SMILES string of the molecule is CN(C)c1ccc(NC(=O)CCNc2c(Cl)cccc2Cl)cc1. The van der Waals surface area contributed by atoms with Gasteiger partial charge in [-0.3, -0.25) is 4.79 Å². The van der Waals surface area contributed by atoms with Gasteiger partial charge in [-0.1, -0.05) is 29.3 Å². The van der Waals surface area contributed by atoms with Gasteiger partial charge < -0.3 is 15.5 Å². The average molecular weight is 352 g/mol. The first-order valence-electron chi connectivity index (χ1n) is 7.22. The molecule has 2 aromatic rings. The molecule has 2 aromatic carbocycles. The molecule has 0 aliphatic carbocycles. The molecule has 0 saturated heterocycles. The smallest absolute Gasteiger partial charge is 0.226 e. The van der Waals surface area contributed by atoms with E-state index in [2.05, 4.69) is 10.6 Å². The number of amides is 1. The Kier molecular flexibility index (Phi) is 6.13.